The number of hydrogen-bond acceptors (Lipinski definition) is 2. The lowest BCUT2D eigenvalue weighted by Gasteiger charge is -1.97. The fourth-order valence-corrected chi connectivity index (χ4v) is 1.09. The molecule has 0 aliphatic carbocycles. The van der Waals surface area contributed by atoms with E-state index in [1.165, 1.54) is 0 Å². The van der Waals surface area contributed by atoms with Crippen LogP contribution in [0.15, 0.2) is 18.2 Å². The molecule has 12 heavy (non-hydrogen) atoms. The van der Waals surface area contributed by atoms with Gasteiger partial charge in [0, 0.05) is 0 Å². The molecule has 2 rings (SSSR count). The standard InChI is InChI=1S/C8H6N3O/c12-5-11-7-3-1-2-6-8(7)10-4-9-6/h1-3,5H,(H,9,10)(H,11,12). The Labute approximate surface area is 68.6 Å². The average Bonchev–Trinajstić information content (AvgIpc) is 2.53. The third-order valence-electron chi connectivity index (χ3n) is 1.61. The van der Waals surface area contributed by atoms with Gasteiger partial charge in [-0.25, -0.2) is 4.98 Å². The Hall–Kier alpha value is -1.84. The number of aromatic nitrogens is 2. The average molecular weight is 160 g/mol. The van der Waals surface area contributed by atoms with Crippen LogP contribution in [-0.4, -0.2) is 16.4 Å². The van der Waals surface area contributed by atoms with Crippen molar-refractivity contribution in [2.45, 2.75) is 0 Å². The Morgan fingerprint density at radius 3 is 3.33 bits per heavy atom. The number of H-pyrrole nitrogens is 1. The summed E-state index contributed by atoms with van der Waals surface area (Å²) in [5.74, 6) is 0. The molecule has 0 unspecified atom stereocenters. The normalized spacial score (nSPS) is 10.0. The maximum Gasteiger partial charge on any atom is 0.211 e. The van der Waals surface area contributed by atoms with Gasteiger partial charge in [0.1, 0.15) is 5.52 Å². The van der Waals surface area contributed by atoms with E-state index in [4.69, 9.17) is 0 Å². The van der Waals surface area contributed by atoms with E-state index in [1.807, 2.05) is 12.1 Å². The van der Waals surface area contributed by atoms with Crippen molar-refractivity contribution in [3.05, 3.63) is 24.5 Å². The minimum atomic E-state index is 0.628. The highest BCUT2D eigenvalue weighted by Crippen LogP contribution is 2.18. The van der Waals surface area contributed by atoms with Crippen molar-refractivity contribution in [3.8, 4) is 0 Å². The molecule has 1 heterocycles. The van der Waals surface area contributed by atoms with Gasteiger partial charge in [-0.1, -0.05) is 6.07 Å². The number of benzene rings is 1. The smallest absolute Gasteiger partial charge is 0.211 e. The van der Waals surface area contributed by atoms with Gasteiger partial charge in [0.05, 0.1) is 11.2 Å². The van der Waals surface area contributed by atoms with E-state index in [0.717, 1.165) is 11.0 Å². The predicted molar refractivity (Wildman–Crippen MR) is 44.6 cm³/mol. The molecule has 0 atom stereocenters. The van der Waals surface area contributed by atoms with Crippen molar-refractivity contribution in [1.82, 2.24) is 9.97 Å². The first-order valence-corrected chi connectivity index (χ1v) is 3.47. The largest absolute Gasteiger partial charge is 0.335 e. The summed E-state index contributed by atoms with van der Waals surface area (Å²) >= 11 is 0. The van der Waals surface area contributed by atoms with Crippen LogP contribution >= 0.6 is 0 Å². The van der Waals surface area contributed by atoms with Crippen LogP contribution in [0.1, 0.15) is 0 Å². The van der Waals surface area contributed by atoms with Crippen molar-refractivity contribution in [2.75, 3.05) is 5.32 Å². The molecule has 0 aliphatic rings. The Balaban J connectivity index is 2.65. The van der Waals surface area contributed by atoms with Gasteiger partial charge >= 0.3 is 0 Å². The van der Waals surface area contributed by atoms with Crippen molar-refractivity contribution in [3.63, 3.8) is 0 Å². The lowest BCUT2D eigenvalue weighted by atomic mass is 10.3. The van der Waals surface area contributed by atoms with Crippen LogP contribution in [0.4, 0.5) is 5.69 Å². The zero-order valence-electron chi connectivity index (χ0n) is 6.16. The summed E-state index contributed by atoms with van der Waals surface area (Å²) in [6.07, 6.45) is 3.23. The van der Waals surface area contributed by atoms with E-state index in [0.29, 0.717) is 12.1 Å². The minimum absolute atomic E-state index is 0.628. The summed E-state index contributed by atoms with van der Waals surface area (Å²) in [5.41, 5.74) is 2.28. The zero-order valence-corrected chi connectivity index (χ0v) is 6.16. The van der Waals surface area contributed by atoms with Crippen molar-refractivity contribution in [1.29, 1.82) is 0 Å². The van der Waals surface area contributed by atoms with Crippen LogP contribution < -0.4 is 5.32 Å². The molecule has 0 bridgehead atoms. The van der Waals surface area contributed by atoms with Crippen molar-refractivity contribution >= 4 is 23.1 Å². The molecular weight excluding hydrogens is 154 g/mol. The lowest BCUT2D eigenvalue weighted by Crippen LogP contribution is -1.93. The molecule has 0 saturated carbocycles. The number of hydrogen-bond donors (Lipinski definition) is 2. The Morgan fingerprint density at radius 1 is 1.58 bits per heavy atom. The molecule has 0 fully saturated rings. The molecule has 1 radical (unpaired) electrons. The van der Waals surface area contributed by atoms with E-state index in [-0.39, 0.29) is 0 Å². The number of amides is 1. The molecule has 1 amide bonds. The van der Waals surface area contributed by atoms with Gasteiger partial charge in [-0.05, 0) is 12.1 Å². The molecule has 2 aromatic rings. The third kappa shape index (κ3) is 0.934. The molecule has 4 heteroatoms. The van der Waals surface area contributed by atoms with Crippen molar-refractivity contribution < 1.29 is 4.79 Å². The molecule has 2 N–H and O–H groups in total. The van der Waals surface area contributed by atoms with Gasteiger partial charge in [0.15, 0.2) is 6.33 Å². The summed E-state index contributed by atoms with van der Waals surface area (Å²) in [7, 11) is 0. The molecule has 4 nitrogen and oxygen atoms in total. The fourth-order valence-electron chi connectivity index (χ4n) is 1.09. The summed E-state index contributed by atoms with van der Waals surface area (Å²) < 4.78 is 0. The number of aromatic amines is 1. The number of carbonyl (C=O) groups excluding carboxylic acids is 1. The first-order chi connectivity index (χ1) is 5.92. The van der Waals surface area contributed by atoms with Crippen LogP contribution in [0.5, 0.6) is 0 Å². The van der Waals surface area contributed by atoms with E-state index in [9.17, 15) is 4.79 Å². The Bertz CT molecular complexity index is 407. The van der Waals surface area contributed by atoms with Gasteiger partial charge in [-0.3, -0.25) is 4.79 Å². The zero-order chi connectivity index (χ0) is 8.39. The monoisotopic (exact) mass is 160 g/mol. The second kappa shape index (κ2) is 2.65. The molecule has 0 aliphatic heterocycles. The second-order valence-electron chi connectivity index (χ2n) is 2.31. The van der Waals surface area contributed by atoms with E-state index >= 15 is 0 Å². The third-order valence-corrected chi connectivity index (χ3v) is 1.61. The topological polar surface area (TPSA) is 57.8 Å². The van der Waals surface area contributed by atoms with Crippen molar-refractivity contribution in [2.24, 2.45) is 0 Å². The second-order valence-corrected chi connectivity index (χ2v) is 2.31. The quantitative estimate of drug-likeness (QED) is 0.642. The maximum atomic E-state index is 10.2. The summed E-state index contributed by atoms with van der Waals surface area (Å²) in [6, 6.07) is 5.49. The van der Waals surface area contributed by atoms with E-state index < -0.39 is 0 Å². The Morgan fingerprint density at radius 2 is 2.50 bits per heavy atom. The molecule has 59 valence electrons. The number of nitrogens with zero attached hydrogens (tertiary/aromatic N) is 1. The summed E-state index contributed by atoms with van der Waals surface area (Å²) in [6.45, 7) is 0. The van der Waals surface area contributed by atoms with Gasteiger partial charge in [0.25, 0.3) is 0 Å². The molecular formula is C8H6N3O. The Kier molecular flexibility index (Phi) is 1.51. The van der Waals surface area contributed by atoms with Crippen LogP contribution in [0.25, 0.3) is 11.0 Å². The first kappa shape index (κ1) is 6.84. The number of nitrogens with one attached hydrogen (secondary N) is 2. The molecule has 0 spiro atoms. The number of fused-ring (bicyclic) bond motifs is 1. The van der Waals surface area contributed by atoms with Gasteiger partial charge < -0.3 is 10.3 Å². The molecule has 1 aromatic heterocycles. The van der Waals surface area contributed by atoms with Gasteiger partial charge in [0.2, 0.25) is 6.41 Å². The highest BCUT2D eigenvalue weighted by Gasteiger charge is 2.00. The van der Waals surface area contributed by atoms with Crippen LogP contribution in [0, 0.1) is 6.33 Å². The number of imidazole rings is 1. The number of para-hydroxylation sites is 1. The molecule has 0 saturated heterocycles. The SMILES string of the molecule is O=CNc1cccc2[nH][c]nc12. The fraction of sp³-hybridized carbons (Fsp3) is 0. The summed E-state index contributed by atoms with van der Waals surface area (Å²) in [5, 5.41) is 2.55. The van der Waals surface area contributed by atoms with E-state index in [1.54, 1.807) is 6.07 Å². The lowest BCUT2D eigenvalue weighted by molar-refractivity contribution is -0.105. The first-order valence-electron chi connectivity index (χ1n) is 3.47. The van der Waals surface area contributed by atoms with Crippen LogP contribution in [0.3, 0.4) is 0 Å². The van der Waals surface area contributed by atoms with Gasteiger partial charge in [-0.15, -0.1) is 0 Å². The highest BCUT2D eigenvalue weighted by atomic mass is 16.1. The van der Waals surface area contributed by atoms with Gasteiger partial charge in [-0.2, -0.15) is 0 Å². The van der Waals surface area contributed by atoms with E-state index in [2.05, 4.69) is 21.6 Å². The highest BCUT2D eigenvalue weighted by molar-refractivity contribution is 5.92. The number of carbonyl (C=O) groups is 1. The maximum absolute atomic E-state index is 10.2. The molecule has 1 aromatic carbocycles. The van der Waals surface area contributed by atoms with Crippen LogP contribution in [-0.2, 0) is 4.79 Å². The predicted octanol–water partition coefficient (Wildman–Crippen LogP) is 0.931. The van der Waals surface area contributed by atoms with Crippen LogP contribution in [0.2, 0.25) is 0 Å². The summed E-state index contributed by atoms with van der Waals surface area (Å²) in [4.78, 5) is 16.9. The number of anilines is 1. The minimum Gasteiger partial charge on any atom is -0.335 e. The number of rotatable bonds is 2.